The first-order chi connectivity index (χ1) is 9.93. The van der Waals surface area contributed by atoms with Crippen molar-refractivity contribution < 1.29 is 4.74 Å². The molecule has 3 aromatic heterocycles. The molecule has 0 aliphatic heterocycles. The summed E-state index contributed by atoms with van der Waals surface area (Å²) in [4.78, 5) is 8.38. The molecule has 0 amide bonds. The van der Waals surface area contributed by atoms with E-state index in [1.54, 1.807) is 23.1 Å². The van der Waals surface area contributed by atoms with Gasteiger partial charge in [-0.15, -0.1) is 0 Å². The summed E-state index contributed by atoms with van der Waals surface area (Å²) < 4.78 is 8.48. The SMILES string of the molecule is CC(C)(C)c1cc2c(Oc3cncc(Br)c3)nccn2n1. The van der Waals surface area contributed by atoms with E-state index in [4.69, 9.17) is 4.74 Å². The van der Waals surface area contributed by atoms with E-state index in [9.17, 15) is 0 Å². The van der Waals surface area contributed by atoms with Crippen molar-refractivity contribution >= 4 is 21.4 Å². The van der Waals surface area contributed by atoms with Gasteiger partial charge in [0.1, 0.15) is 11.3 Å². The molecule has 0 radical (unpaired) electrons. The van der Waals surface area contributed by atoms with Crippen molar-refractivity contribution in [3.63, 3.8) is 0 Å². The van der Waals surface area contributed by atoms with Crippen molar-refractivity contribution in [3.05, 3.63) is 47.1 Å². The smallest absolute Gasteiger partial charge is 0.245 e. The summed E-state index contributed by atoms with van der Waals surface area (Å²) >= 11 is 3.37. The molecule has 3 aromatic rings. The molecule has 0 spiro atoms. The number of aromatic nitrogens is 4. The van der Waals surface area contributed by atoms with Crippen LogP contribution in [0, 0.1) is 0 Å². The molecule has 0 fully saturated rings. The van der Waals surface area contributed by atoms with Crippen LogP contribution in [-0.4, -0.2) is 19.6 Å². The Bertz CT molecular complexity index is 792. The average Bonchev–Trinajstić information content (AvgIpc) is 2.84. The van der Waals surface area contributed by atoms with E-state index in [-0.39, 0.29) is 5.41 Å². The number of hydrogen-bond acceptors (Lipinski definition) is 4. The summed E-state index contributed by atoms with van der Waals surface area (Å²) in [5.41, 5.74) is 1.80. The van der Waals surface area contributed by atoms with E-state index in [0.717, 1.165) is 15.7 Å². The number of fused-ring (bicyclic) bond motifs is 1. The zero-order valence-electron chi connectivity index (χ0n) is 12.0. The Morgan fingerprint density at radius 2 is 2.00 bits per heavy atom. The second-order valence-corrected chi connectivity index (χ2v) is 6.70. The second-order valence-electron chi connectivity index (χ2n) is 5.78. The molecule has 0 bridgehead atoms. The fraction of sp³-hybridized carbons (Fsp3) is 0.267. The van der Waals surface area contributed by atoms with Crippen LogP contribution in [-0.2, 0) is 5.41 Å². The van der Waals surface area contributed by atoms with Crippen molar-refractivity contribution in [2.24, 2.45) is 0 Å². The van der Waals surface area contributed by atoms with Gasteiger partial charge in [-0.25, -0.2) is 9.50 Å². The number of halogens is 1. The topological polar surface area (TPSA) is 52.3 Å². The van der Waals surface area contributed by atoms with E-state index in [0.29, 0.717) is 11.6 Å². The largest absolute Gasteiger partial charge is 0.435 e. The third kappa shape index (κ3) is 2.90. The molecule has 0 N–H and O–H groups in total. The van der Waals surface area contributed by atoms with Gasteiger partial charge in [-0.1, -0.05) is 20.8 Å². The van der Waals surface area contributed by atoms with Crippen molar-refractivity contribution in [1.82, 2.24) is 19.6 Å². The highest BCUT2D eigenvalue weighted by Crippen LogP contribution is 2.28. The Morgan fingerprint density at radius 1 is 1.19 bits per heavy atom. The van der Waals surface area contributed by atoms with Crippen LogP contribution >= 0.6 is 15.9 Å². The Balaban J connectivity index is 2.04. The monoisotopic (exact) mass is 346 g/mol. The summed E-state index contributed by atoms with van der Waals surface area (Å²) in [6.45, 7) is 6.38. The Morgan fingerprint density at radius 3 is 2.71 bits per heavy atom. The van der Waals surface area contributed by atoms with Gasteiger partial charge in [-0.2, -0.15) is 5.10 Å². The highest BCUT2D eigenvalue weighted by atomic mass is 79.9. The van der Waals surface area contributed by atoms with E-state index in [1.165, 1.54) is 0 Å². The quantitative estimate of drug-likeness (QED) is 0.704. The van der Waals surface area contributed by atoms with Gasteiger partial charge in [-0.05, 0) is 28.1 Å². The third-order valence-electron chi connectivity index (χ3n) is 3.02. The molecule has 6 heteroatoms. The molecule has 0 saturated heterocycles. The molecule has 0 aliphatic rings. The van der Waals surface area contributed by atoms with Gasteiger partial charge in [-0.3, -0.25) is 4.98 Å². The summed E-state index contributed by atoms with van der Waals surface area (Å²) in [5.74, 6) is 1.14. The fourth-order valence-electron chi connectivity index (χ4n) is 1.90. The lowest BCUT2D eigenvalue weighted by Crippen LogP contribution is -2.11. The molecule has 3 rings (SSSR count). The molecular formula is C15H15BrN4O. The van der Waals surface area contributed by atoms with Crippen LogP contribution < -0.4 is 4.74 Å². The minimum absolute atomic E-state index is 0.0272. The van der Waals surface area contributed by atoms with Gasteiger partial charge in [0, 0.05) is 28.5 Å². The molecule has 0 aromatic carbocycles. The van der Waals surface area contributed by atoms with Gasteiger partial charge >= 0.3 is 0 Å². The summed E-state index contributed by atoms with van der Waals surface area (Å²) in [6.07, 6.45) is 6.85. The highest BCUT2D eigenvalue weighted by Gasteiger charge is 2.19. The molecule has 0 saturated carbocycles. The van der Waals surface area contributed by atoms with Gasteiger partial charge in [0.05, 0.1) is 11.9 Å². The minimum Gasteiger partial charge on any atom is -0.435 e. The van der Waals surface area contributed by atoms with Crippen LogP contribution in [0.2, 0.25) is 0 Å². The van der Waals surface area contributed by atoms with Crippen LogP contribution in [0.15, 0.2) is 41.4 Å². The normalized spacial score (nSPS) is 11.8. The number of rotatable bonds is 2. The van der Waals surface area contributed by atoms with Crippen molar-refractivity contribution in [2.45, 2.75) is 26.2 Å². The molecular weight excluding hydrogens is 332 g/mol. The zero-order chi connectivity index (χ0) is 15.0. The van der Waals surface area contributed by atoms with E-state index in [2.05, 4.69) is 51.8 Å². The highest BCUT2D eigenvalue weighted by molar-refractivity contribution is 9.10. The average molecular weight is 347 g/mol. The minimum atomic E-state index is -0.0272. The molecule has 21 heavy (non-hydrogen) atoms. The third-order valence-corrected chi connectivity index (χ3v) is 3.45. The maximum absolute atomic E-state index is 5.83. The van der Waals surface area contributed by atoms with Crippen LogP contribution in [0.3, 0.4) is 0 Å². The van der Waals surface area contributed by atoms with E-state index >= 15 is 0 Å². The molecule has 108 valence electrons. The number of hydrogen-bond donors (Lipinski definition) is 0. The lowest BCUT2D eigenvalue weighted by atomic mass is 9.92. The number of nitrogens with zero attached hydrogens (tertiary/aromatic N) is 4. The Labute approximate surface area is 131 Å². The van der Waals surface area contributed by atoms with E-state index in [1.807, 2.05) is 18.3 Å². The summed E-state index contributed by atoms with van der Waals surface area (Å²) in [6, 6.07) is 3.85. The van der Waals surface area contributed by atoms with E-state index < -0.39 is 0 Å². The molecule has 5 nitrogen and oxygen atoms in total. The van der Waals surface area contributed by atoms with Crippen molar-refractivity contribution in [2.75, 3.05) is 0 Å². The van der Waals surface area contributed by atoms with Crippen LogP contribution in [0.5, 0.6) is 11.6 Å². The first-order valence-corrected chi connectivity index (χ1v) is 7.36. The van der Waals surface area contributed by atoms with Gasteiger partial charge in [0.2, 0.25) is 5.88 Å². The summed E-state index contributed by atoms with van der Waals surface area (Å²) in [7, 11) is 0. The van der Waals surface area contributed by atoms with Gasteiger partial charge < -0.3 is 4.74 Å². The second kappa shape index (κ2) is 5.11. The number of ether oxygens (including phenoxy) is 1. The fourth-order valence-corrected chi connectivity index (χ4v) is 2.25. The molecule has 0 aliphatic carbocycles. The van der Waals surface area contributed by atoms with Crippen molar-refractivity contribution in [3.8, 4) is 11.6 Å². The Hall–Kier alpha value is -1.95. The first kappa shape index (κ1) is 14.0. The zero-order valence-corrected chi connectivity index (χ0v) is 13.6. The number of pyridine rings is 1. The maximum atomic E-state index is 5.83. The summed E-state index contributed by atoms with van der Waals surface area (Å²) in [5, 5.41) is 4.58. The molecule has 0 unspecified atom stereocenters. The maximum Gasteiger partial charge on any atom is 0.245 e. The lowest BCUT2D eigenvalue weighted by molar-refractivity contribution is 0.463. The molecule has 3 heterocycles. The molecule has 0 atom stereocenters. The Kier molecular flexibility index (Phi) is 3.41. The van der Waals surface area contributed by atoms with Crippen LogP contribution in [0.1, 0.15) is 26.5 Å². The predicted octanol–water partition coefficient (Wildman–Crippen LogP) is 3.98. The predicted molar refractivity (Wildman–Crippen MR) is 83.7 cm³/mol. The van der Waals surface area contributed by atoms with Gasteiger partial charge in [0.15, 0.2) is 0 Å². The first-order valence-electron chi connectivity index (χ1n) is 6.57. The standard InChI is InChI=1S/C15H15BrN4O/c1-15(2,3)13-7-12-14(18-4-5-20(12)19-13)21-11-6-10(16)8-17-9-11/h4-9H,1-3H3. The van der Waals surface area contributed by atoms with Crippen molar-refractivity contribution in [1.29, 1.82) is 0 Å². The lowest BCUT2D eigenvalue weighted by Gasteiger charge is -2.13. The van der Waals surface area contributed by atoms with Crippen LogP contribution in [0.4, 0.5) is 0 Å². The van der Waals surface area contributed by atoms with Crippen LogP contribution in [0.25, 0.3) is 5.52 Å². The van der Waals surface area contributed by atoms with Gasteiger partial charge in [0.25, 0.3) is 0 Å².